The predicted molar refractivity (Wildman–Crippen MR) is 63.0 cm³/mol. The molecule has 0 bridgehead atoms. The molecule has 0 atom stereocenters. The topological polar surface area (TPSA) is 50.7 Å². The second kappa shape index (κ2) is 6.29. The summed E-state index contributed by atoms with van der Waals surface area (Å²) in [5.41, 5.74) is 2.23. The summed E-state index contributed by atoms with van der Waals surface area (Å²) in [4.78, 5) is 11.1. The van der Waals surface area contributed by atoms with Crippen LogP contribution in [0.5, 0.6) is 0 Å². The third kappa shape index (κ3) is 4.10. The summed E-state index contributed by atoms with van der Waals surface area (Å²) in [6.07, 6.45) is 0. The second-order valence-electron chi connectivity index (χ2n) is 2.86. The maximum absolute atomic E-state index is 13.1. The third-order valence-electron chi connectivity index (χ3n) is 1.65. The van der Waals surface area contributed by atoms with Gasteiger partial charge < -0.3 is 4.74 Å². The van der Waals surface area contributed by atoms with Gasteiger partial charge in [0.1, 0.15) is 5.82 Å². The Morgan fingerprint density at radius 2 is 2.24 bits per heavy atom. The van der Waals surface area contributed by atoms with E-state index in [1.54, 1.807) is 6.92 Å². The number of ether oxygens (including phenoxy) is 1. The first-order chi connectivity index (χ1) is 8.04. The summed E-state index contributed by atoms with van der Waals surface area (Å²) in [6.45, 7) is 1.85. The highest BCUT2D eigenvalue weighted by Gasteiger charge is 2.09. The Labute approximate surface area is 105 Å². The van der Waals surface area contributed by atoms with Crippen LogP contribution >= 0.6 is 15.9 Å². The number of nitrogens with zero attached hydrogens (tertiary/aromatic N) is 1. The molecule has 0 aliphatic carbocycles. The van der Waals surface area contributed by atoms with Crippen molar-refractivity contribution >= 4 is 32.2 Å². The number of hydrogen-bond donors (Lipinski definition) is 1. The standard InChI is InChI=1S/C10H9BrF2N2O2/c1-2-17-10(16)9(11)15-14-8-4-3-6(12)5-7(8)13/h3-5,14H,2H2,1H3/b15-9-. The minimum absolute atomic E-state index is 0.0485. The second-order valence-corrected chi connectivity index (χ2v) is 3.61. The molecule has 0 unspecified atom stereocenters. The third-order valence-corrected chi connectivity index (χ3v) is 2.15. The van der Waals surface area contributed by atoms with Crippen LogP contribution in [0.2, 0.25) is 0 Å². The summed E-state index contributed by atoms with van der Waals surface area (Å²) in [6, 6.07) is 2.94. The van der Waals surface area contributed by atoms with Crippen molar-refractivity contribution in [2.75, 3.05) is 12.0 Å². The quantitative estimate of drug-likeness (QED) is 0.528. The highest BCUT2D eigenvalue weighted by atomic mass is 79.9. The van der Waals surface area contributed by atoms with Crippen molar-refractivity contribution in [2.45, 2.75) is 6.92 Å². The summed E-state index contributed by atoms with van der Waals surface area (Å²) >= 11 is 2.86. The summed E-state index contributed by atoms with van der Waals surface area (Å²) in [7, 11) is 0. The van der Waals surface area contributed by atoms with Crippen molar-refractivity contribution in [2.24, 2.45) is 5.10 Å². The molecule has 0 fully saturated rings. The number of nitrogens with one attached hydrogen (secondary N) is 1. The van der Waals surface area contributed by atoms with Crippen LogP contribution < -0.4 is 5.43 Å². The molecule has 0 heterocycles. The fourth-order valence-electron chi connectivity index (χ4n) is 0.926. The molecule has 1 aromatic rings. The zero-order chi connectivity index (χ0) is 12.8. The fourth-order valence-corrected chi connectivity index (χ4v) is 1.13. The Bertz CT molecular complexity index is 452. The molecule has 0 aromatic heterocycles. The van der Waals surface area contributed by atoms with Crippen LogP contribution in [0.3, 0.4) is 0 Å². The molecule has 1 N–H and O–H groups in total. The Morgan fingerprint density at radius 1 is 1.53 bits per heavy atom. The van der Waals surface area contributed by atoms with E-state index < -0.39 is 17.6 Å². The first-order valence-electron chi connectivity index (χ1n) is 4.66. The Hall–Kier alpha value is -1.50. The van der Waals surface area contributed by atoms with Crippen LogP contribution in [-0.2, 0) is 9.53 Å². The molecule has 0 aliphatic rings. The van der Waals surface area contributed by atoms with Gasteiger partial charge in [0.2, 0.25) is 4.62 Å². The van der Waals surface area contributed by atoms with E-state index in [9.17, 15) is 13.6 Å². The minimum atomic E-state index is -0.807. The van der Waals surface area contributed by atoms with Gasteiger partial charge in [-0.05, 0) is 35.0 Å². The van der Waals surface area contributed by atoms with E-state index in [2.05, 4.69) is 31.2 Å². The van der Waals surface area contributed by atoms with Crippen molar-refractivity contribution < 1.29 is 18.3 Å². The molecule has 0 spiro atoms. The van der Waals surface area contributed by atoms with E-state index in [4.69, 9.17) is 0 Å². The van der Waals surface area contributed by atoms with E-state index in [-0.39, 0.29) is 16.9 Å². The van der Waals surface area contributed by atoms with E-state index >= 15 is 0 Å². The molecule has 0 amide bonds. The van der Waals surface area contributed by atoms with Crippen LogP contribution in [0, 0.1) is 11.6 Å². The molecule has 7 heteroatoms. The molecule has 0 radical (unpaired) electrons. The van der Waals surface area contributed by atoms with Gasteiger partial charge in [-0.2, -0.15) is 5.10 Å². The van der Waals surface area contributed by atoms with Gasteiger partial charge in [0.05, 0.1) is 12.3 Å². The van der Waals surface area contributed by atoms with E-state index in [1.165, 1.54) is 6.07 Å². The van der Waals surface area contributed by atoms with Crippen molar-refractivity contribution in [1.82, 2.24) is 0 Å². The normalized spacial score (nSPS) is 11.2. The number of esters is 1. The maximum Gasteiger partial charge on any atom is 0.366 e. The lowest BCUT2D eigenvalue weighted by Gasteiger charge is -2.03. The van der Waals surface area contributed by atoms with Crippen LogP contribution in [0.4, 0.5) is 14.5 Å². The van der Waals surface area contributed by atoms with Crippen LogP contribution in [0.1, 0.15) is 6.92 Å². The number of hydrazone groups is 1. The SMILES string of the molecule is CCOC(=O)/C(Br)=N/Nc1ccc(F)cc1F. The minimum Gasteiger partial charge on any atom is -0.461 e. The molecule has 17 heavy (non-hydrogen) atoms. The Balaban J connectivity index is 2.72. The zero-order valence-corrected chi connectivity index (χ0v) is 10.4. The van der Waals surface area contributed by atoms with Gasteiger partial charge in [-0.15, -0.1) is 0 Å². The number of benzene rings is 1. The summed E-state index contributed by atoms with van der Waals surface area (Å²) in [5.74, 6) is -2.18. The first-order valence-corrected chi connectivity index (χ1v) is 5.45. The highest BCUT2D eigenvalue weighted by Crippen LogP contribution is 2.15. The maximum atomic E-state index is 13.1. The molecular formula is C10H9BrF2N2O2. The number of hydrogen-bond acceptors (Lipinski definition) is 4. The molecule has 1 aromatic carbocycles. The van der Waals surface area contributed by atoms with Gasteiger partial charge in [0.15, 0.2) is 5.82 Å². The summed E-state index contributed by atoms with van der Waals surface area (Å²) < 4.78 is 30.2. The van der Waals surface area contributed by atoms with Gasteiger partial charge >= 0.3 is 5.97 Å². The van der Waals surface area contributed by atoms with Crippen molar-refractivity contribution in [3.63, 3.8) is 0 Å². The molecule has 0 saturated carbocycles. The average Bonchev–Trinajstić information content (AvgIpc) is 2.27. The van der Waals surface area contributed by atoms with Gasteiger partial charge in [-0.1, -0.05) is 0 Å². The first kappa shape index (κ1) is 13.6. The average molecular weight is 307 g/mol. The smallest absolute Gasteiger partial charge is 0.366 e. The Kier molecular flexibility index (Phi) is 5.02. The number of rotatable bonds is 4. The molecule has 0 saturated heterocycles. The monoisotopic (exact) mass is 306 g/mol. The van der Waals surface area contributed by atoms with Crippen LogP contribution in [-0.4, -0.2) is 17.2 Å². The molecular weight excluding hydrogens is 298 g/mol. The largest absolute Gasteiger partial charge is 0.461 e. The van der Waals surface area contributed by atoms with Gasteiger partial charge in [0.25, 0.3) is 0 Å². The highest BCUT2D eigenvalue weighted by molar-refractivity contribution is 9.19. The lowest BCUT2D eigenvalue weighted by molar-refractivity contribution is -0.134. The lowest BCUT2D eigenvalue weighted by Crippen LogP contribution is -2.13. The predicted octanol–water partition coefficient (Wildman–Crippen LogP) is 2.65. The van der Waals surface area contributed by atoms with E-state index in [0.29, 0.717) is 6.07 Å². The Morgan fingerprint density at radius 3 is 2.82 bits per heavy atom. The number of carbonyl (C=O) groups excluding carboxylic acids is 1. The fraction of sp³-hybridized carbons (Fsp3) is 0.200. The number of halogens is 3. The number of anilines is 1. The molecule has 0 aliphatic heterocycles. The number of carbonyl (C=O) groups is 1. The molecule has 4 nitrogen and oxygen atoms in total. The van der Waals surface area contributed by atoms with Crippen molar-refractivity contribution in [1.29, 1.82) is 0 Å². The van der Waals surface area contributed by atoms with E-state index in [0.717, 1.165) is 6.07 Å². The van der Waals surface area contributed by atoms with E-state index in [1.807, 2.05) is 0 Å². The van der Waals surface area contributed by atoms with Crippen molar-refractivity contribution in [3.8, 4) is 0 Å². The zero-order valence-electron chi connectivity index (χ0n) is 8.84. The molecule has 1 rings (SSSR count). The van der Waals surface area contributed by atoms with Gasteiger partial charge in [-0.25, -0.2) is 13.6 Å². The van der Waals surface area contributed by atoms with Crippen molar-refractivity contribution in [3.05, 3.63) is 29.8 Å². The summed E-state index contributed by atoms with van der Waals surface area (Å²) in [5, 5.41) is 3.55. The van der Waals surface area contributed by atoms with Crippen LogP contribution in [0.15, 0.2) is 23.3 Å². The van der Waals surface area contributed by atoms with Crippen LogP contribution in [0.25, 0.3) is 0 Å². The molecule has 92 valence electrons. The van der Waals surface area contributed by atoms with Gasteiger partial charge in [-0.3, -0.25) is 5.43 Å². The lowest BCUT2D eigenvalue weighted by atomic mass is 10.3. The van der Waals surface area contributed by atoms with Gasteiger partial charge in [0, 0.05) is 6.07 Å².